The van der Waals surface area contributed by atoms with Gasteiger partial charge in [-0.15, -0.1) is 0 Å². The van der Waals surface area contributed by atoms with Gasteiger partial charge in [-0.1, -0.05) is 25.0 Å². The van der Waals surface area contributed by atoms with Crippen molar-refractivity contribution in [3.63, 3.8) is 0 Å². The van der Waals surface area contributed by atoms with Crippen LogP contribution in [0.3, 0.4) is 0 Å². The maximum atomic E-state index is 2.46. The van der Waals surface area contributed by atoms with Gasteiger partial charge in [0.25, 0.3) is 0 Å². The zero-order valence-corrected chi connectivity index (χ0v) is 8.61. The predicted octanol–water partition coefficient (Wildman–Crippen LogP) is 3.92. The number of allylic oxidation sites excluding steroid dienone is 2. The highest BCUT2D eigenvalue weighted by Gasteiger charge is 2.45. The van der Waals surface area contributed by atoms with Crippen LogP contribution in [0, 0.1) is 11.3 Å². The van der Waals surface area contributed by atoms with Crippen molar-refractivity contribution in [3.8, 4) is 0 Å². The van der Waals surface area contributed by atoms with E-state index in [4.69, 9.17) is 0 Å². The largest absolute Gasteiger partial charge is 0.0733 e. The smallest absolute Gasteiger partial charge is 0.0110 e. The van der Waals surface area contributed by atoms with E-state index in [2.05, 4.69) is 20.8 Å². The summed E-state index contributed by atoms with van der Waals surface area (Å²) in [6.45, 7) is 7.16. The van der Waals surface area contributed by atoms with E-state index in [9.17, 15) is 0 Å². The molecule has 1 saturated carbocycles. The van der Waals surface area contributed by atoms with Crippen LogP contribution in [-0.2, 0) is 0 Å². The topological polar surface area (TPSA) is 0 Å². The maximum Gasteiger partial charge on any atom is -0.0110 e. The van der Waals surface area contributed by atoms with Gasteiger partial charge < -0.3 is 0 Å². The Hall–Kier alpha value is -0.260. The molecule has 0 bridgehead atoms. The van der Waals surface area contributed by atoms with Crippen molar-refractivity contribution in [1.29, 1.82) is 0 Å². The Kier molecular flexibility index (Phi) is 1.82. The summed E-state index contributed by atoms with van der Waals surface area (Å²) in [7, 11) is 0. The van der Waals surface area contributed by atoms with Crippen LogP contribution in [0.4, 0.5) is 0 Å². The van der Waals surface area contributed by atoms with Gasteiger partial charge in [0, 0.05) is 0 Å². The van der Waals surface area contributed by atoms with Gasteiger partial charge >= 0.3 is 0 Å². The quantitative estimate of drug-likeness (QED) is 0.543. The summed E-state index contributed by atoms with van der Waals surface area (Å²) in [5.74, 6) is 0.942. The van der Waals surface area contributed by atoms with E-state index in [1.54, 1.807) is 5.57 Å². The monoisotopic (exact) mass is 164 g/mol. The highest BCUT2D eigenvalue weighted by molar-refractivity contribution is 5.31. The average Bonchev–Trinajstić information content (AvgIpc) is 2.64. The Bertz CT molecular complexity index is 218. The Morgan fingerprint density at radius 2 is 2.08 bits per heavy atom. The van der Waals surface area contributed by atoms with E-state index in [0.717, 1.165) is 5.92 Å². The summed E-state index contributed by atoms with van der Waals surface area (Å²) in [5.41, 5.74) is 4.23. The third kappa shape index (κ3) is 1.12. The first-order valence-corrected chi connectivity index (χ1v) is 5.37. The lowest BCUT2D eigenvalue weighted by Gasteiger charge is -2.19. The average molecular weight is 164 g/mol. The first kappa shape index (κ1) is 8.34. The van der Waals surface area contributed by atoms with Crippen LogP contribution in [0.1, 0.15) is 52.9 Å². The molecule has 1 atom stereocenters. The lowest BCUT2D eigenvalue weighted by molar-refractivity contribution is 0.505. The lowest BCUT2D eigenvalue weighted by Crippen LogP contribution is -2.07. The second-order valence-corrected chi connectivity index (χ2v) is 4.90. The van der Waals surface area contributed by atoms with Gasteiger partial charge in [0.1, 0.15) is 0 Å². The fourth-order valence-electron chi connectivity index (χ4n) is 2.89. The van der Waals surface area contributed by atoms with Gasteiger partial charge in [-0.3, -0.25) is 0 Å². The molecule has 0 spiro atoms. The molecule has 0 heteroatoms. The molecule has 0 aromatic rings. The summed E-state index contributed by atoms with van der Waals surface area (Å²) in [5, 5.41) is 0. The second kappa shape index (κ2) is 2.61. The molecule has 0 aromatic heterocycles. The Balaban J connectivity index is 2.24. The summed E-state index contributed by atoms with van der Waals surface area (Å²) >= 11 is 0. The zero-order valence-electron chi connectivity index (χ0n) is 8.61. The number of hydrogen-bond donors (Lipinski definition) is 0. The third-order valence-electron chi connectivity index (χ3n) is 3.88. The van der Waals surface area contributed by atoms with E-state index >= 15 is 0 Å². The van der Waals surface area contributed by atoms with E-state index < -0.39 is 0 Å². The van der Waals surface area contributed by atoms with Crippen LogP contribution in [0.15, 0.2) is 11.1 Å². The summed E-state index contributed by atoms with van der Waals surface area (Å²) in [6.07, 6.45) is 7.09. The SMILES string of the molecule is CCC1CCC(C)=C1C1(C)CC1. The molecule has 0 radical (unpaired) electrons. The van der Waals surface area contributed by atoms with Gasteiger partial charge in [0.05, 0.1) is 0 Å². The molecule has 2 rings (SSSR count). The molecule has 68 valence electrons. The van der Waals surface area contributed by atoms with Crippen molar-refractivity contribution >= 4 is 0 Å². The molecule has 2 aliphatic rings. The molecule has 1 fully saturated rings. The molecular formula is C12H20. The third-order valence-corrected chi connectivity index (χ3v) is 3.88. The maximum absolute atomic E-state index is 2.46. The summed E-state index contributed by atoms with van der Waals surface area (Å²) < 4.78 is 0. The molecule has 0 amide bonds. The zero-order chi connectivity index (χ0) is 8.77. The molecule has 0 nitrogen and oxygen atoms in total. The minimum Gasteiger partial charge on any atom is -0.0733 e. The van der Waals surface area contributed by atoms with Crippen molar-refractivity contribution in [2.75, 3.05) is 0 Å². The van der Waals surface area contributed by atoms with Crippen LogP contribution in [0.2, 0.25) is 0 Å². The van der Waals surface area contributed by atoms with Gasteiger partial charge in [0.15, 0.2) is 0 Å². The molecule has 0 aromatic carbocycles. The molecule has 12 heavy (non-hydrogen) atoms. The molecule has 0 aliphatic heterocycles. The van der Waals surface area contributed by atoms with Crippen LogP contribution in [0.25, 0.3) is 0 Å². The Labute approximate surface area is 76.1 Å². The van der Waals surface area contributed by atoms with Crippen molar-refractivity contribution in [2.24, 2.45) is 11.3 Å². The van der Waals surface area contributed by atoms with Gasteiger partial charge in [-0.05, 0) is 50.4 Å². The minimum atomic E-state index is 0.654. The van der Waals surface area contributed by atoms with Crippen LogP contribution < -0.4 is 0 Å². The highest BCUT2D eigenvalue weighted by Crippen LogP contribution is 2.58. The molecule has 1 unspecified atom stereocenters. The van der Waals surface area contributed by atoms with E-state index in [0.29, 0.717) is 5.41 Å². The Morgan fingerprint density at radius 3 is 2.58 bits per heavy atom. The van der Waals surface area contributed by atoms with Gasteiger partial charge in [-0.25, -0.2) is 0 Å². The molecule has 0 heterocycles. The highest BCUT2D eigenvalue weighted by atomic mass is 14.5. The molecule has 2 aliphatic carbocycles. The first-order chi connectivity index (χ1) is 5.67. The number of rotatable bonds is 2. The standard InChI is InChI=1S/C12H20/c1-4-10-6-5-9(2)11(10)12(3)7-8-12/h10H,4-8H2,1-3H3. The fourth-order valence-corrected chi connectivity index (χ4v) is 2.89. The summed E-state index contributed by atoms with van der Waals surface area (Å²) in [4.78, 5) is 0. The second-order valence-electron chi connectivity index (χ2n) is 4.90. The summed E-state index contributed by atoms with van der Waals surface area (Å²) in [6, 6.07) is 0. The van der Waals surface area contributed by atoms with Gasteiger partial charge in [0.2, 0.25) is 0 Å². The number of hydrogen-bond acceptors (Lipinski definition) is 0. The molecule has 0 N–H and O–H groups in total. The van der Waals surface area contributed by atoms with E-state index in [1.807, 2.05) is 5.57 Å². The fraction of sp³-hybridized carbons (Fsp3) is 0.833. The van der Waals surface area contributed by atoms with Crippen molar-refractivity contribution in [3.05, 3.63) is 11.1 Å². The van der Waals surface area contributed by atoms with Crippen LogP contribution >= 0.6 is 0 Å². The lowest BCUT2D eigenvalue weighted by atomic mass is 9.86. The van der Waals surface area contributed by atoms with Crippen LogP contribution in [0.5, 0.6) is 0 Å². The van der Waals surface area contributed by atoms with E-state index in [1.165, 1.54) is 32.1 Å². The van der Waals surface area contributed by atoms with Crippen molar-refractivity contribution in [2.45, 2.75) is 52.9 Å². The van der Waals surface area contributed by atoms with Crippen molar-refractivity contribution < 1.29 is 0 Å². The first-order valence-electron chi connectivity index (χ1n) is 5.37. The normalized spacial score (nSPS) is 32.8. The predicted molar refractivity (Wildman–Crippen MR) is 53.1 cm³/mol. The minimum absolute atomic E-state index is 0.654. The Morgan fingerprint density at radius 1 is 1.42 bits per heavy atom. The molecule has 0 saturated heterocycles. The van der Waals surface area contributed by atoms with Gasteiger partial charge in [-0.2, -0.15) is 0 Å². The molecular weight excluding hydrogens is 144 g/mol. The van der Waals surface area contributed by atoms with Crippen molar-refractivity contribution in [1.82, 2.24) is 0 Å². The van der Waals surface area contributed by atoms with E-state index in [-0.39, 0.29) is 0 Å². The van der Waals surface area contributed by atoms with Crippen LogP contribution in [-0.4, -0.2) is 0 Å².